The summed E-state index contributed by atoms with van der Waals surface area (Å²) in [4.78, 5) is 12.3. The van der Waals surface area contributed by atoms with Crippen molar-refractivity contribution < 1.29 is 18.9 Å². The fraction of sp³-hybridized carbons (Fsp3) is 0.250. The van der Waals surface area contributed by atoms with Crippen molar-refractivity contribution in [3.05, 3.63) is 58.0 Å². The normalized spacial score (nSPS) is 10.7. The van der Waals surface area contributed by atoms with Crippen LogP contribution >= 0.6 is 0 Å². The van der Waals surface area contributed by atoms with E-state index in [0.717, 1.165) is 21.0 Å². The van der Waals surface area contributed by atoms with Gasteiger partial charge in [0.25, 0.3) is 5.56 Å². The Kier molecular flexibility index (Phi) is 5.12. The average Bonchev–Trinajstić information content (AvgIpc) is 2.70. The van der Waals surface area contributed by atoms with E-state index in [0.29, 0.717) is 35.1 Å². The van der Waals surface area contributed by atoms with Gasteiger partial charge in [0.1, 0.15) is 0 Å². The third-order valence-corrected chi connectivity index (χ3v) is 4.49. The van der Waals surface area contributed by atoms with E-state index in [4.69, 9.17) is 24.8 Å². The van der Waals surface area contributed by atoms with Crippen LogP contribution in [0.15, 0.2) is 41.2 Å². The van der Waals surface area contributed by atoms with Crippen molar-refractivity contribution in [1.29, 1.82) is 0 Å². The zero-order valence-electron chi connectivity index (χ0n) is 15.7. The van der Waals surface area contributed by atoms with E-state index in [-0.39, 0.29) is 5.56 Å². The Balaban J connectivity index is 2.18. The molecule has 1 heterocycles. The second-order valence-corrected chi connectivity index (χ2v) is 5.96. The zero-order chi connectivity index (χ0) is 19.6. The first-order chi connectivity index (χ1) is 13.0. The highest BCUT2D eigenvalue weighted by atomic mass is 16.5. The fourth-order valence-electron chi connectivity index (χ4n) is 3.09. The third kappa shape index (κ3) is 3.36. The summed E-state index contributed by atoms with van der Waals surface area (Å²) in [6.07, 6.45) is 0.429. The molecule has 2 aromatic carbocycles. The Morgan fingerprint density at radius 3 is 2.04 bits per heavy atom. The van der Waals surface area contributed by atoms with Crippen molar-refractivity contribution in [2.24, 2.45) is 0 Å². The number of fused-ring (bicyclic) bond motifs is 1. The van der Waals surface area contributed by atoms with Crippen LogP contribution in [-0.4, -0.2) is 33.1 Å². The number of pyridine rings is 1. The maximum absolute atomic E-state index is 12.3. The van der Waals surface area contributed by atoms with Crippen LogP contribution in [0.4, 0.5) is 0 Å². The molecule has 0 amide bonds. The van der Waals surface area contributed by atoms with E-state index in [9.17, 15) is 4.79 Å². The highest BCUT2D eigenvalue weighted by Gasteiger charge is 2.15. The number of rotatable bonds is 6. The summed E-state index contributed by atoms with van der Waals surface area (Å²) in [5.41, 5.74) is 1.28. The maximum atomic E-state index is 12.3. The van der Waals surface area contributed by atoms with E-state index in [1.807, 2.05) is 24.3 Å². The number of benzene rings is 2. The van der Waals surface area contributed by atoms with Crippen LogP contribution in [0.3, 0.4) is 0 Å². The largest absolute Gasteiger partial charge is 0.493 e. The summed E-state index contributed by atoms with van der Waals surface area (Å²) < 4.78 is 22.5. The molecule has 0 bridgehead atoms. The van der Waals surface area contributed by atoms with Crippen LogP contribution in [0.5, 0.6) is 23.0 Å². The number of aromatic nitrogens is 1. The first-order valence-corrected chi connectivity index (χ1v) is 8.29. The van der Waals surface area contributed by atoms with Gasteiger partial charge in [-0.25, -0.2) is 4.68 Å². The van der Waals surface area contributed by atoms with Gasteiger partial charge >= 0.3 is 0 Å². The minimum Gasteiger partial charge on any atom is -0.493 e. The summed E-state index contributed by atoms with van der Waals surface area (Å²) in [7, 11) is 6.28. The van der Waals surface area contributed by atoms with Crippen LogP contribution < -0.4 is 30.3 Å². The van der Waals surface area contributed by atoms with Crippen LogP contribution in [0.25, 0.3) is 10.8 Å². The van der Waals surface area contributed by atoms with Gasteiger partial charge in [0.15, 0.2) is 23.0 Å². The van der Waals surface area contributed by atoms with Crippen molar-refractivity contribution in [2.45, 2.75) is 6.42 Å². The first kappa shape index (κ1) is 18.4. The number of hydrogen-bond donors (Lipinski definition) is 1. The Hall–Kier alpha value is -3.35. The molecule has 2 N–H and O–H groups in total. The molecule has 7 nitrogen and oxygen atoms in total. The van der Waals surface area contributed by atoms with Crippen molar-refractivity contribution in [2.75, 3.05) is 34.3 Å². The molecule has 3 aromatic rings. The van der Waals surface area contributed by atoms with E-state index in [1.165, 1.54) is 6.07 Å². The van der Waals surface area contributed by atoms with E-state index >= 15 is 0 Å². The van der Waals surface area contributed by atoms with Crippen molar-refractivity contribution >= 4 is 10.8 Å². The van der Waals surface area contributed by atoms with Crippen LogP contribution in [0.1, 0.15) is 11.3 Å². The molecule has 0 atom stereocenters. The SMILES string of the molecule is COc1ccc(Cc2c3cc(OC)c(OC)cc3cc(=O)n2N)cc1OC. The lowest BCUT2D eigenvalue weighted by molar-refractivity contribution is 0.354. The Labute approximate surface area is 156 Å². The minimum absolute atomic E-state index is 0.301. The molecular weight excluding hydrogens is 348 g/mol. The second-order valence-electron chi connectivity index (χ2n) is 5.96. The molecule has 0 fully saturated rings. The predicted molar refractivity (Wildman–Crippen MR) is 104 cm³/mol. The van der Waals surface area contributed by atoms with Gasteiger partial charge in [0.05, 0.1) is 34.1 Å². The molecule has 27 heavy (non-hydrogen) atoms. The smallest absolute Gasteiger partial charge is 0.269 e. The molecule has 0 radical (unpaired) electrons. The molecule has 0 aliphatic heterocycles. The highest BCUT2D eigenvalue weighted by Crippen LogP contribution is 2.34. The number of hydrogen-bond acceptors (Lipinski definition) is 6. The zero-order valence-corrected chi connectivity index (χ0v) is 15.7. The Morgan fingerprint density at radius 1 is 0.815 bits per heavy atom. The Morgan fingerprint density at radius 2 is 1.41 bits per heavy atom. The van der Waals surface area contributed by atoms with Gasteiger partial charge in [-0.3, -0.25) is 4.79 Å². The molecule has 0 aliphatic rings. The molecule has 0 spiro atoms. The molecule has 0 saturated carbocycles. The second kappa shape index (κ2) is 7.49. The Bertz CT molecular complexity index is 1040. The number of methoxy groups -OCH3 is 4. The summed E-state index contributed by atoms with van der Waals surface area (Å²) in [5.74, 6) is 8.43. The first-order valence-electron chi connectivity index (χ1n) is 8.29. The molecule has 3 rings (SSSR count). The summed E-state index contributed by atoms with van der Waals surface area (Å²) >= 11 is 0. The van der Waals surface area contributed by atoms with Crippen molar-refractivity contribution in [1.82, 2.24) is 4.68 Å². The van der Waals surface area contributed by atoms with E-state index < -0.39 is 0 Å². The average molecular weight is 370 g/mol. The lowest BCUT2D eigenvalue weighted by atomic mass is 10.0. The molecule has 142 valence electrons. The fourth-order valence-corrected chi connectivity index (χ4v) is 3.09. The summed E-state index contributed by atoms with van der Waals surface area (Å²) in [5, 5.41) is 1.54. The lowest BCUT2D eigenvalue weighted by Gasteiger charge is -2.15. The standard InChI is InChI=1S/C20H22N2O5/c1-24-16-6-5-12(8-17(16)25-2)7-15-14-11-19(27-4)18(26-3)9-13(14)10-20(23)22(15)21/h5-6,8-11H,7,21H2,1-4H3. The topological polar surface area (TPSA) is 84.9 Å². The molecular formula is C20H22N2O5. The molecule has 0 aliphatic carbocycles. The number of ether oxygens (including phenoxy) is 4. The van der Waals surface area contributed by atoms with Gasteiger partial charge in [0.2, 0.25) is 0 Å². The number of nitrogen functional groups attached to an aromatic ring is 1. The van der Waals surface area contributed by atoms with Crippen molar-refractivity contribution in [3.63, 3.8) is 0 Å². The van der Waals surface area contributed by atoms with Crippen LogP contribution in [0.2, 0.25) is 0 Å². The van der Waals surface area contributed by atoms with Crippen LogP contribution in [-0.2, 0) is 6.42 Å². The van der Waals surface area contributed by atoms with Gasteiger partial charge in [-0.15, -0.1) is 0 Å². The number of nitrogens with zero attached hydrogens (tertiary/aromatic N) is 1. The quantitative estimate of drug-likeness (QED) is 0.671. The predicted octanol–water partition coefficient (Wildman–Crippen LogP) is 2.34. The van der Waals surface area contributed by atoms with Gasteiger partial charge in [-0.2, -0.15) is 0 Å². The molecule has 0 unspecified atom stereocenters. The van der Waals surface area contributed by atoms with Gasteiger partial charge < -0.3 is 24.8 Å². The molecule has 1 aromatic heterocycles. The highest BCUT2D eigenvalue weighted by molar-refractivity contribution is 5.88. The third-order valence-electron chi connectivity index (χ3n) is 4.49. The van der Waals surface area contributed by atoms with E-state index in [2.05, 4.69) is 0 Å². The van der Waals surface area contributed by atoms with Crippen LogP contribution in [0, 0.1) is 0 Å². The van der Waals surface area contributed by atoms with Gasteiger partial charge in [-0.05, 0) is 35.2 Å². The monoisotopic (exact) mass is 370 g/mol. The molecule has 0 saturated heterocycles. The molecule has 7 heteroatoms. The summed E-state index contributed by atoms with van der Waals surface area (Å²) in [6.45, 7) is 0. The number of nitrogens with two attached hydrogens (primary N) is 1. The van der Waals surface area contributed by atoms with Gasteiger partial charge in [-0.1, -0.05) is 6.07 Å². The minimum atomic E-state index is -0.301. The van der Waals surface area contributed by atoms with Crippen molar-refractivity contribution in [3.8, 4) is 23.0 Å². The summed E-state index contributed by atoms with van der Waals surface area (Å²) in [6, 6.07) is 10.7. The maximum Gasteiger partial charge on any atom is 0.269 e. The lowest BCUT2D eigenvalue weighted by Crippen LogP contribution is -2.30. The van der Waals surface area contributed by atoms with E-state index in [1.54, 1.807) is 34.5 Å². The van der Waals surface area contributed by atoms with Gasteiger partial charge in [0, 0.05) is 17.9 Å².